The molecule has 2 heterocycles. The SMILES string of the molecule is ClCC1CCCOC1c1sccc1Cl. The van der Waals surface area contributed by atoms with Gasteiger partial charge in [-0.05, 0) is 24.3 Å². The van der Waals surface area contributed by atoms with Crippen molar-refractivity contribution in [3.05, 3.63) is 21.3 Å². The molecule has 0 aromatic carbocycles. The molecule has 1 nitrogen and oxygen atoms in total. The Kier molecular flexibility index (Phi) is 3.72. The zero-order valence-electron chi connectivity index (χ0n) is 7.71. The van der Waals surface area contributed by atoms with Gasteiger partial charge in [0.15, 0.2) is 0 Å². The Bertz CT molecular complexity index is 300. The summed E-state index contributed by atoms with van der Waals surface area (Å²) in [4.78, 5) is 1.14. The minimum absolute atomic E-state index is 0.119. The van der Waals surface area contributed by atoms with E-state index in [1.54, 1.807) is 11.3 Å². The van der Waals surface area contributed by atoms with E-state index < -0.39 is 0 Å². The van der Waals surface area contributed by atoms with Crippen molar-refractivity contribution in [1.29, 1.82) is 0 Å². The zero-order valence-corrected chi connectivity index (χ0v) is 10.0. The van der Waals surface area contributed by atoms with E-state index in [9.17, 15) is 0 Å². The summed E-state index contributed by atoms with van der Waals surface area (Å²) in [5.74, 6) is 1.07. The smallest absolute Gasteiger partial charge is 0.0971 e. The maximum absolute atomic E-state index is 6.08. The van der Waals surface area contributed by atoms with Crippen molar-refractivity contribution in [3.8, 4) is 0 Å². The van der Waals surface area contributed by atoms with Gasteiger partial charge in [-0.3, -0.25) is 0 Å². The Morgan fingerprint density at radius 3 is 3.07 bits per heavy atom. The van der Waals surface area contributed by atoms with Crippen LogP contribution < -0.4 is 0 Å². The van der Waals surface area contributed by atoms with Crippen LogP contribution in [0.15, 0.2) is 11.4 Å². The van der Waals surface area contributed by atoms with Crippen molar-refractivity contribution in [2.45, 2.75) is 18.9 Å². The van der Waals surface area contributed by atoms with Gasteiger partial charge in [-0.2, -0.15) is 0 Å². The van der Waals surface area contributed by atoms with Gasteiger partial charge in [0.1, 0.15) is 0 Å². The molecule has 1 aliphatic rings. The molecular weight excluding hydrogens is 239 g/mol. The summed E-state index contributed by atoms with van der Waals surface area (Å²) in [6.45, 7) is 0.826. The number of thiophene rings is 1. The molecule has 1 aromatic heterocycles. The van der Waals surface area contributed by atoms with Crippen LogP contribution in [-0.4, -0.2) is 12.5 Å². The highest BCUT2D eigenvalue weighted by Crippen LogP contribution is 2.40. The Labute approximate surface area is 98.0 Å². The lowest BCUT2D eigenvalue weighted by Crippen LogP contribution is -2.23. The molecule has 0 spiro atoms. The molecule has 14 heavy (non-hydrogen) atoms. The van der Waals surface area contributed by atoms with Gasteiger partial charge in [0.2, 0.25) is 0 Å². The third kappa shape index (κ3) is 2.08. The summed E-state index contributed by atoms with van der Waals surface area (Å²) in [7, 11) is 0. The van der Waals surface area contributed by atoms with E-state index in [2.05, 4.69) is 0 Å². The lowest BCUT2D eigenvalue weighted by molar-refractivity contribution is -0.0185. The number of alkyl halides is 1. The van der Waals surface area contributed by atoms with Gasteiger partial charge < -0.3 is 4.74 Å². The monoisotopic (exact) mass is 250 g/mol. The first-order valence-corrected chi connectivity index (χ1v) is 6.52. The fraction of sp³-hybridized carbons (Fsp3) is 0.600. The van der Waals surface area contributed by atoms with E-state index in [-0.39, 0.29) is 6.10 Å². The molecular formula is C10H12Cl2OS. The Balaban J connectivity index is 2.19. The van der Waals surface area contributed by atoms with Crippen LogP contribution in [0.4, 0.5) is 0 Å². The Hall–Kier alpha value is 0.240. The normalized spacial score (nSPS) is 27.9. The van der Waals surface area contributed by atoms with Crippen molar-refractivity contribution in [2.75, 3.05) is 12.5 Å². The lowest BCUT2D eigenvalue weighted by atomic mass is 9.95. The summed E-state index contributed by atoms with van der Waals surface area (Å²) in [5, 5.41) is 2.82. The maximum atomic E-state index is 6.08. The van der Waals surface area contributed by atoms with Crippen LogP contribution in [0.3, 0.4) is 0 Å². The van der Waals surface area contributed by atoms with Gasteiger partial charge in [-0.15, -0.1) is 22.9 Å². The van der Waals surface area contributed by atoms with E-state index in [4.69, 9.17) is 27.9 Å². The summed E-state index contributed by atoms with van der Waals surface area (Å²) >= 11 is 13.7. The quantitative estimate of drug-likeness (QED) is 0.719. The molecule has 4 heteroatoms. The summed E-state index contributed by atoms with van der Waals surface area (Å²) in [6.07, 6.45) is 2.37. The van der Waals surface area contributed by atoms with Crippen molar-refractivity contribution in [1.82, 2.24) is 0 Å². The summed E-state index contributed by atoms with van der Waals surface area (Å²) < 4.78 is 5.75. The predicted molar refractivity (Wildman–Crippen MR) is 61.5 cm³/mol. The summed E-state index contributed by atoms with van der Waals surface area (Å²) in [5.41, 5.74) is 0. The molecule has 0 bridgehead atoms. The van der Waals surface area contributed by atoms with Gasteiger partial charge in [-0.25, -0.2) is 0 Å². The average molecular weight is 251 g/mol. The molecule has 0 radical (unpaired) electrons. The molecule has 2 atom stereocenters. The second kappa shape index (κ2) is 4.84. The van der Waals surface area contributed by atoms with E-state index in [0.717, 1.165) is 29.3 Å². The third-order valence-corrected chi connectivity index (χ3v) is 4.36. The van der Waals surface area contributed by atoms with Gasteiger partial charge in [0.05, 0.1) is 16.0 Å². The predicted octanol–water partition coefficient (Wildman–Crippen LogP) is 4.11. The van der Waals surface area contributed by atoms with Gasteiger partial charge in [0.25, 0.3) is 0 Å². The fourth-order valence-electron chi connectivity index (χ4n) is 1.80. The summed E-state index contributed by atoms with van der Waals surface area (Å²) in [6, 6.07) is 1.92. The molecule has 2 rings (SSSR count). The van der Waals surface area contributed by atoms with Crippen LogP contribution in [-0.2, 0) is 4.74 Å². The molecule has 2 unspecified atom stereocenters. The van der Waals surface area contributed by atoms with Gasteiger partial charge in [0, 0.05) is 18.4 Å². The van der Waals surface area contributed by atoms with Gasteiger partial charge >= 0.3 is 0 Å². The van der Waals surface area contributed by atoms with Crippen molar-refractivity contribution in [3.63, 3.8) is 0 Å². The van der Waals surface area contributed by atoms with Crippen LogP contribution in [0.5, 0.6) is 0 Å². The Morgan fingerprint density at radius 2 is 2.43 bits per heavy atom. The average Bonchev–Trinajstić information content (AvgIpc) is 2.64. The van der Waals surface area contributed by atoms with Crippen LogP contribution in [0.2, 0.25) is 5.02 Å². The number of rotatable bonds is 2. The van der Waals surface area contributed by atoms with Crippen molar-refractivity contribution < 1.29 is 4.74 Å². The third-order valence-electron chi connectivity index (χ3n) is 2.55. The first-order chi connectivity index (χ1) is 6.83. The molecule has 1 aliphatic heterocycles. The number of ether oxygens (including phenoxy) is 1. The Morgan fingerprint density at radius 1 is 1.57 bits per heavy atom. The van der Waals surface area contributed by atoms with E-state index >= 15 is 0 Å². The first-order valence-electron chi connectivity index (χ1n) is 4.73. The minimum atomic E-state index is 0.119. The standard InChI is InChI=1S/C10H12Cl2OS/c11-6-7-2-1-4-13-9(7)10-8(12)3-5-14-10/h3,5,7,9H,1-2,4,6H2. The molecule has 0 saturated carbocycles. The topological polar surface area (TPSA) is 9.23 Å². The molecule has 1 saturated heterocycles. The molecule has 0 aliphatic carbocycles. The second-order valence-electron chi connectivity index (χ2n) is 3.48. The van der Waals surface area contributed by atoms with E-state index in [1.807, 2.05) is 11.4 Å². The highest BCUT2D eigenvalue weighted by atomic mass is 35.5. The second-order valence-corrected chi connectivity index (χ2v) is 5.14. The first kappa shape index (κ1) is 10.7. The largest absolute Gasteiger partial charge is 0.372 e. The maximum Gasteiger partial charge on any atom is 0.0971 e. The van der Waals surface area contributed by atoms with E-state index in [1.165, 1.54) is 0 Å². The molecule has 1 fully saturated rings. The van der Waals surface area contributed by atoms with E-state index in [0.29, 0.717) is 11.8 Å². The highest BCUT2D eigenvalue weighted by molar-refractivity contribution is 7.10. The van der Waals surface area contributed by atoms with Crippen LogP contribution >= 0.6 is 34.5 Å². The minimum Gasteiger partial charge on any atom is -0.372 e. The molecule has 0 amide bonds. The zero-order chi connectivity index (χ0) is 9.97. The fourth-order valence-corrected chi connectivity index (χ4v) is 3.42. The number of hydrogen-bond donors (Lipinski definition) is 0. The van der Waals surface area contributed by atoms with Crippen LogP contribution in [0, 0.1) is 5.92 Å². The van der Waals surface area contributed by atoms with Crippen molar-refractivity contribution >= 4 is 34.5 Å². The lowest BCUT2D eigenvalue weighted by Gasteiger charge is -2.29. The molecule has 0 N–H and O–H groups in total. The highest BCUT2D eigenvalue weighted by Gasteiger charge is 2.29. The molecule has 1 aromatic rings. The van der Waals surface area contributed by atoms with Crippen LogP contribution in [0.25, 0.3) is 0 Å². The van der Waals surface area contributed by atoms with Gasteiger partial charge in [-0.1, -0.05) is 11.6 Å². The van der Waals surface area contributed by atoms with Crippen LogP contribution in [0.1, 0.15) is 23.8 Å². The van der Waals surface area contributed by atoms with Crippen molar-refractivity contribution in [2.24, 2.45) is 5.92 Å². The number of halogens is 2. The molecule has 78 valence electrons. The number of hydrogen-bond acceptors (Lipinski definition) is 2.